The van der Waals surface area contributed by atoms with Crippen LogP contribution in [0.4, 0.5) is 8.78 Å². The molecule has 0 radical (unpaired) electrons. The maximum Gasteiger partial charge on any atom is 0.387 e. The second-order valence-corrected chi connectivity index (χ2v) is 6.49. The quantitative estimate of drug-likeness (QED) is 0.716. The third kappa shape index (κ3) is 5.92. The van der Waals surface area contributed by atoms with Gasteiger partial charge < -0.3 is 24.4 Å². The normalized spacial score (nSPS) is 15.8. The lowest BCUT2D eigenvalue weighted by Crippen LogP contribution is -2.50. The first-order valence-corrected chi connectivity index (χ1v) is 8.49. The van der Waals surface area contributed by atoms with Gasteiger partial charge in [-0.3, -0.25) is 4.79 Å². The standard InChI is InChI=1S/C18H26F2N2O4.ClH/c1-22(16(23)18(12-24-2)6-8-21-9-7-18)11-13-4-5-14(25-3)15(10-13)26-17(19)20;/h4-5,10,17,21H,6-9,11-12H2,1-3H3;1H. The molecule has 1 aromatic carbocycles. The molecule has 1 amide bonds. The number of rotatable bonds is 8. The van der Waals surface area contributed by atoms with Crippen molar-refractivity contribution in [2.45, 2.75) is 26.0 Å². The molecular weight excluding hydrogens is 382 g/mol. The van der Waals surface area contributed by atoms with Crippen LogP contribution in [-0.2, 0) is 16.1 Å². The number of alkyl halides is 2. The minimum atomic E-state index is -2.95. The van der Waals surface area contributed by atoms with Crippen LogP contribution in [0.25, 0.3) is 0 Å². The van der Waals surface area contributed by atoms with E-state index in [0.29, 0.717) is 25.0 Å². The predicted octanol–water partition coefficient (Wildman–Crippen LogP) is 2.69. The van der Waals surface area contributed by atoms with Crippen LogP contribution in [0.2, 0.25) is 0 Å². The Bertz CT molecular complexity index is 608. The molecule has 1 fully saturated rings. The number of benzene rings is 1. The molecule has 0 unspecified atom stereocenters. The molecule has 0 bridgehead atoms. The van der Waals surface area contributed by atoms with Gasteiger partial charge in [0.15, 0.2) is 11.5 Å². The number of carbonyl (C=O) groups excluding carboxylic acids is 1. The van der Waals surface area contributed by atoms with Gasteiger partial charge in [0.25, 0.3) is 0 Å². The van der Waals surface area contributed by atoms with Gasteiger partial charge in [0.2, 0.25) is 5.91 Å². The van der Waals surface area contributed by atoms with Crippen LogP contribution in [0.5, 0.6) is 11.5 Å². The largest absolute Gasteiger partial charge is 0.493 e. The van der Waals surface area contributed by atoms with Gasteiger partial charge in [0.1, 0.15) is 0 Å². The lowest BCUT2D eigenvalue weighted by Gasteiger charge is -2.38. The highest BCUT2D eigenvalue weighted by Crippen LogP contribution is 2.33. The van der Waals surface area contributed by atoms with E-state index in [1.54, 1.807) is 31.2 Å². The van der Waals surface area contributed by atoms with E-state index in [1.165, 1.54) is 13.2 Å². The van der Waals surface area contributed by atoms with Crippen LogP contribution in [0.15, 0.2) is 18.2 Å². The number of carbonyl (C=O) groups is 1. The molecule has 1 heterocycles. The summed E-state index contributed by atoms with van der Waals surface area (Å²) in [6.45, 7) is -0.782. The minimum Gasteiger partial charge on any atom is -0.493 e. The number of methoxy groups -OCH3 is 2. The van der Waals surface area contributed by atoms with E-state index in [9.17, 15) is 13.6 Å². The van der Waals surface area contributed by atoms with E-state index in [-0.39, 0.29) is 36.4 Å². The molecule has 9 heteroatoms. The maximum absolute atomic E-state index is 13.0. The average Bonchev–Trinajstić information content (AvgIpc) is 2.62. The molecule has 1 saturated heterocycles. The Morgan fingerprint density at radius 1 is 1.26 bits per heavy atom. The Morgan fingerprint density at radius 3 is 2.48 bits per heavy atom. The van der Waals surface area contributed by atoms with E-state index in [2.05, 4.69) is 10.1 Å². The summed E-state index contributed by atoms with van der Waals surface area (Å²) < 4.78 is 40.0. The first kappa shape index (κ1) is 23.4. The predicted molar refractivity (Wildman–Crippen MR) is 99.8 cm³/mol. The fourth-order valence-corrected chi connectivity index (χ4v) is 3.36. The monoisotopic (exact) mass is 408 g/mol. The first-order valence-electron chi connectivity index (χ1n) is 8.49. The number of amides is 1. The topological polar surface area (TPSA) is 60.0 Å². The Morgan fingerprint density at radius 2 is 1.93 bits per heavy atom. The summed E-state index contributed by atoms with van der Waals surface area (Å²) >= 11 is 0. The van der Waals surface area contributed by atoms with Crippen molar-refractivity contribution >= 4 is 18.3 Å². The van der Waals surface area contributed by atoms with Crippen LogP contribution in [-0.4, -0.2) is 58.4 Å². The fraction of sp³-hybridized carbons (Fsp3) is 0.611. The molecule has 0 aromatic heterocycles. The molecule has 154 valence electrons. The molecule has 1 aliphatic rings. The van der Waals surface area contributed by atoms with Crippen LogP contribution < -0.4 is 14.8 Å². The van der Waals surface area contributed by atoms with E-state index < -0.39 is 12.0 Å². The Labute approximate surface area is 164 Å². The van der Waals surface area contributed by atoms with Gasteiger partial charge in [-0.05, 0) is 43.6 Å². The summed E-state index contributed by atoms with van der Waals surface area (Å²) in [5.41, 5.74) is 0.127. The third-order valence-electron chi connectivity index (χ3n) is 4.65. The third-order valence-corrected chi connectivity index (χ3v) is 4.65. The highest BCUT2D eigenvalue weighted by atomic mass is 35.5. The van der Waals surface area contributed by atoms with Crippen molar-refractivity contribution in [2.75, 3.05) is 41.0 Å². The van der Waals surface area contributed by atoms with Gasteiger partial charge >= 0.3 is 6.61 Å². The van der Waals surface area contributed by atoms with Crippen molar-refractivity contribution in [1.29, 1.82) is 0 Å². The number of nitrogens with one attached hydrogen (secondary N) is 1. The van der Waals surface area contributed by atoms with Gasteiger partial charge in [0.05, 0.1) is 19.1 Å². The van der Waals surface area contributed by atoms with E-state index in [0.717, 1.165) is 13.1 Å². The Kier molecular flexibility index (Phi) is 9.21. The number of piperidine rings is 1. The molecule has 1 aliphatic heterocycles. The summed E-state index contributed by atoms with van der Waals surface area (Å²) in [6.07, 6.45) is 1.40. The van der Waals surface area contributed by atoms with E-state index >= 15 is 0 Å². The Balaban J connectivity index is 0.00000364. The van der Waals surface area contributed by atoms with Crippen molar-refractivity contribution in [1.82, 2.24) is 10.2 Å². The summed E-state index contributed by atoms with van der Waals surface area (Å²) in [6, 6.07) is 4.76. The molecule has 0 spiro atoms. The molecule has 6 nitrogen and oxygen atoms in total. The summed E-state index contributed by atoms with van der Waals surface area (Å²) in [5.74, 6) is 0.166. The average molecular weight is 409 g/mol. The zero-order valence-electron chi connectivity index (χ0n) is 15.8. The smallest absolute Gasteiger partial charge is 0.387 e. The second kappa shape index (κ2) is 10.6. The van der Waals surface area contributed by atoms with Crippen molar-refractivity contribution in [3.8, 4) is 11.5 Å². The second-order valence-electron chi connectivity index (χ2n) is 6.49. The lowest BCUT2D eigenvalue weighted by molar-refractivity contribution is -0.146. The van der Waals surface area contributed by atoms with Crippen molar-refractivity contribution in [2.24, 2.45) is 5.41 Å². The number of nitrogens with zero attached hydrogens (tertiary/aromatic N) is 1. The SMILES string of the molecule is COCC1(C(=O)N(C)Cc2ccc(OC)c(OC(F)F)c2)CCNCC1.Cl. The van der Waals surface area contributed by atoms with Crippen LogP contribution in [0.3, 0.4) is 0 Å². The molecule has 1 aromatic rings. The van der Waals surface area contributed by atoms with Crippen molar-refractivity contribution in [3.05, 3.63) is 23.8 Å². The number of hydrogen-bond donors (Lipinski definition) is 1. The number of halogens is 3. The number of hydrogen-bond acceptors (Lipinski definition) is 5. The maximum atomic E-state index is 13.0. The molecule has 0 saturated carbocycles. The summed E-state index contributed by atoms with van der Waals surface area (Å²) in [4.78, 5) is 14.7. The van der Waals surface area contributed by atoms with Crippen LogP contribution >= 0.6 is 12.4 Å². The molecule has 1 N–H and O–H groups in total. The highest BCUT2D eigenvalue weighted by Gasteiger charge is 2.41. The highest BCUT2D eigenvalue weighted by molar-refractivity contribution is 5.85. The van der Waals surface area contributed by atoms with Gasteiger partial charge in [-0.15, -0.1) is 12.4 Å². The fourth-order valence-electron chi connectivity index (χ4n) is 3.36. The zero-order chi connectivity index (χ0) is 19.2. The van der Waals surface area contributed by atoms with Gasteiger partial charge in [-0.25, -0.2) is 0 Å². The number of ether oxygens (including phenoxy) is 3. The first-order chi connectivity index (χ1) is 12.4. The zero-order valence-corrected chi connectivity index (χ0v) is 16.6. The summed E-state index contributed by atoms with van der Waals surface area (Å²) in [5, 5.41) is 3.25. The lowest BCUT2D eigenvalue weighted by atomic mass is 9.78. The van der Waals surface area contributed by atoms with Crippen LogP contribution in [0.1, 0.15) is 18.4 Å². The van der Waals surface area contributed by atoms with E-state index in [1.807, 2.05) is 0 Å². The molecular formula is C18H27ClF2N2O4. The van der Waals surface area contributed by atoms with Gasteiger partial charge in [-0.2, -0.15) is 8.78 Å². The summed E-state index contributed by atoms with van der Waals surface area (Å²) in [7, 11) is 4.68. The van der Waals surface area contributed by atoms with Crippen molar-refractivity contribution < 1.29 is 27.8 Å². The van der Waals surface area contributed by atoms with Crippen molar-refractivity contribution in [3.63, 3.8) is 0 Å². The Hall–Kier alpha value is -1.64. The molecule has 0 atom stereocenters. The molecule has 27 heavy (non-hydrogen) atoms. The van der Waals surface area contributed by atoms with E-state index in [4.69, 9.17) is 9.47 Å². The van der Waals surface area contributed by atoms with Crippen LogP contribution in [0, 0.1) is 5.41 Å². The molecule has 0 aliphatic carbocycles. The molecule has 2 rings (SSSR count). The van der Waals surface area contributed by atoms with Gasteiger partial charge in [-0.1, -0.05) is 6.07 Å². The van der Waals surface area contributed by atoms with Gasteiger partial charge in [0, 0.05) is 20.7 Å². The minimum absolute atomic E-state index is 0.